The van der Waals surface area contributed by atoms with Crippen LogP contribution in [0.15, 0.2) is 30.6 Å². The fourth-order valence-corrected chi connectivity index (χ4v) is 3.23. The minimum atomic E-state index is -0.955. The predicted octanol–water partition coefficient (Wildman–Crippen LogP) is 2.85. The Kier molecular flexibility index (Phi) is 7.66. The van der Waals surface area contributed by atoms with E-state index in [0.717, 1.165) is 41.0 Å². The molecule has 0 spiro atoms. The summed E-state index contributed by atoms with van der Waals surface area (Å²) in [6, 6.07) is 5.91. The Morgan fingerprint density at radius 3 is 2.57 bits per heavy atom. The molecule has 152 valence electrons. The molecule has 2 N–H and O–H groups in total. The van der Waals surface area contributed by atoms with Crippen molar-refractivity contribution in [3.8, 4) is 0 Å². The van der Waals surface area contributed by atoms with Gasteiger partial charge in [0, 0.05) is 51.1 Å². The van der Waals surface area contributed by atoms with Gasteiger partial charge in [-0.15, -0.1) is 0 Å². The molecule has 2 aromatic rings. The molecule has 0 saturated carbocycles. The molecule has 1 amide bonds. The number of carbonyl (C=O) groups is 1. The van der Waals surface area contributed by atoms with Crippen LogP contribution in [0.3, 0.4) is 0 Å². The van der Waals surface area contributed by atoms with Gasteiger partial charge in [0.2, 0.25) is 5.91 Å². The van der Waals surface area contributed by atoms with Gasteiger partial charge < -0.3 is 10.4 Å². The number of nitrogens with one attached hydrogen (secondary N) is 1. The lowest BCUT2D eigenvalue weighted by molar-refractivity contribution is -0.118. The second-order valence-electron chi connectivity index (χ2n) is 7.88. The van der Waals surface area contributed by atoms with Crippen LogP contribution >= 0.6 is 0 Å². The van der Waals surface area contributed by atoms with Crippen molar-refractivity contribution in [2.75, 3.05) is 13.1 Å². The van der Waals surface area contributed by atoms with Crippen LogP contribution in [0.5, 0.6) is 0 Å². The smallest absolute Gasteiger partial charge is 0.216 e. The molecule has 2 aromatic heterocycles. The van der Waals surface area contributed by atoms with Gasteiger partial charge in [0.05, 0.1) is 17.0 Å². The first-order valence-electron chi connectivity index (χ1n) is 9.72. The molecule has 0 bridgehead atoms. The highest BCUT2D eigenvalue weighted by Gasteiger charge is 2.22. The van der Waals surface area contributed by atoms with Gasteiger partial charge >= 0.3 is 0 Å². The van der Waals surface area contributed by atoms with Crippen molar-refractivity contribution in [2.45, 2.75) is 59.7 Å². The largest absolute Gasteiger partial charge is 0.386 e. The van der Waals surface area contributed by atoms with E-state index < -0.39 is 5.60 Å². The standard InChI is InChI=1S/C22H32N4O2/c1-16-12-17(2)20(25-13-16)14-26(11-7-10-23-18(3)27)15-21-19(22(4,5)28)8-6-9-24-21/h6,8-9,12-13,28H,7,10-11,14-15H2,1-5H3,(H,23,27). The number of aromatic nitrogens is 2. The number of nitrogens with zero attached hydrogens (tertiary/aromatic N) is 3. The zero-order chi connectivity index (χ0) is 20.7. The van der Waals surface area contributed by atoms with Crippen LogP contribution in [-0.2, 0) is 23.5 Å². The molecule has 2 heterocycles. The molecule has 6 nitrogen and oxygen atoms in total. The average Bonchev–Trinajstić information content (AvgIpc) is 2.60. The number of carbonyl (C=O) groups excluding carboxylic acids is 1. The summed E-state index contributed by atoms with van der Waals surface area (Å²) >= 11 is 0. The highest BCUT2D eigenvalue weighted by Crippen LogP contribution is 2.23. The molecule has 0 fully saturated rings. The Bertz CT molecular complexity index is 799. The third-order valence-corrected chi connectivity index (χ3v) is 4.64. The van der Waals surface area contributed by atoms with E-state index in [9.17, 15) is 9.90 Å². The van der Waals surface area contributed by atoms with E-state index in [2.05, 4.69) is 33.2 Å². The van der Waals surface area contributed by atoms with Crippen molar-refractivity contribution in [3.05, 3.63) is 58.7 Å². The maximum atomic E-state index is 11.1. The molecule has 0 unspecified atom stereocenters. The van der Waals surface area contributed by atoms with E-state index in [0.29, 0.717) is 19.6 Å². The van der Waals surface area contributed by atoms with Gasteiger partial charge in [-0.2, -0.15) is 0 Å². The van der Waals surface area contributed by atoms with Crippen molar-refractivity contribution >= 4 is 5.91 Å². The van der Waals surface area contributed by atoms with Crippen molar-refractivity contribution in [2.24, 2.45) is 0 Å². The van der Waals surface area contributed by atoms with E-state index in [4.69, 9.17) is 0 Å². The summed E-state index contributed by atoms with van der Waals surface area (Å²) in [4.78, 5) is 22.5. The summed E-state index contributed by atoms with van der Waals surface area (Å²) in [6.07, 6.45) is 4.48. The lowest BCUT2D eigenvalue weighted by atomic mass is 9.96. The molecule has 0 radical (unpaired) electrons. The van der Waals surface area contributed by atoms with E-state index >= 15 is 0 Å². The quantitative estimate of drug-likeness (QED) is 0.650. The SMILES string of the molecule is CC(=O)NCCCN(Cc1ncc(C)cc1C)Cc1ncccc1C(C)(C)O. The molecular formula is C22H32N4O2. The molecule has 0 aliphatic rings. The number of hydrogen-bond donors (Lipinski definition) is 2. The normalized spacial score (nSPS) is 11.7. The van der Waals surface area contributed by atoms with Gasteiger partial charge in [-0.05, 0) is 51.3 Å². The summed E-state index contributed by atoms with van der Waals surface area (Å²) in [5.41, 5.74) is 4.08. The highest BCUT2D eigenvalue weighted by molar-refractivity contribution is 5.72. The maximum absolute atomic E-state index is 11.1. The molecule has 0 atom stereocenters. The monoisotopic (exact) mass is 384 g/mol. The molecule has 2 rings (SSSR count). The second kappa shape index (κ2) is 9.75. The van der Waals surface area contributed by atoms with Crippen LogP contribution in [0.1, 0.15) is 55.3 Å². The highest BCUT2D eigenvalue weighted by atomic mass is 16.3. The molecule has 0 saturated heterocycles. The summed E-state index contributed by atoms with van der Waals surface area (Å²) in [5, 5.41) is 13.4. The molecule has 0 aromatic carbocycles. The van der Waals surface area contributed by atoms with Crippen molar-refractivity contribution in [1.29, 1.82) is 0 Å². The predicted molar refractivity (Wildman–Crippen MR) is 111 cm³/mol. The Morgan fingerprint density at radius 2 is 1.93 bits per heavy atom. The van der Waals surface area contributed by atoms with Crippen LogP contribution in [0.4, 0.5) is 0 Å². The van der Waals surface area contributed by atoms with Crippen LogP contribution in [0.2, 0.25) is 0 Å². The van der Waals surface area contributed by atoms with Gasteiger partial charge in [0.15, 0.2) is 0 Å². The fourth-order valence-electron chi connectivity index (χ4n) is 3.23. The Balaban J connectivity index is 2.19. The van der Waals surface area contributed by atoms with Crippen molar-refractivity contribution < 1.29 is 9.90 Å². The first-order chi connectivity index (χ1) is 13.2. The molecule has 0 aliphatic heterocycles. The number of amides is 1. The van der Waals surface area contributed by atoms with E-state index in [-0.39, 0.29) is 5.91 Å². The third kappa shape index (κ3) is 6.69. The molecule has 6 heteroatoms. The lowest BCUT2D eigenvalue weighted by Crippen LogP contribution is -2.30. The summed E-state index contributed by atoms with van der Waals surface area (Å²) in [6.45, 7) is 11.9. The van der Waals surface area contributed by atoms with E-state index in [1.54, 1.807) is 20.0 Å². The second-order valence-corrected chi connectivity index (χ2v) is 7.88. The minimum absolute atomic E-state index is 0.0170. The zero-order valence-corrected chi connectivity index (χ0v) is 17.6. The Hall–Kier alpha value is -2.31. The molecule has 0 aliphatic carbocycles. The molecular weight excluding hydrogens is 352 g/mol. The van der Waals surface area contributed by atoms with Gasteiger partial charge in [0.25, 0.3) is 0 Å². The zero-order valence-electron chi connectivity index (χ0n) is 17.6. The van der Waals surface area contributed by atoms with Gasteiger partial charge in [-0.1, -0.05) is 12.1 Å². The topological polar surface area (TPSA) is 78.4 Å². The number of pyridine rings is 2. The number of aliphatic hydroxyl groups is 1. The number of aryl methyl sites for hydroxylation is 2. The fraction of sp³-hybridized carbons (Fsp3) is 0.500. The average molecular weight is 385 g/mol. The van der Waals surface area contributed by atoms with Crippen LogP contribution in [-0.4, -0.2) is 39.0 Å². The number of hydrogen-bond acceptors (Lipinski definition) is 5. The lowest BCUT2D eigenvalue weighted by Gasteiger charge is -2.26. The van der Waals surface area contributed by atoms with Crippen LogP contribution < -0.4 is 5.32 Å². The van der Waals surface area contributed by atoms with E-state index in [1.807, 2.05) is 25.3 Å². The summed E-state index contributed by atoms with van der Waals surface area (Å²) in [5.74, 6) is -0.0170. The summed E-state index contributed by atoms with van der Waals surface area (Å²) < 4.78 is 0. The van der Waals surface area contributed by atoms with Gasteiger partial charge in [-0.3, -0.25) is 19.7 Å². The third-order valence-electron chi connectivity index (χ3n) is 4.64. The Labute approximate surface area is 168 Å². The Morgan fingerprint density at radius 1 is 1.21 bits per heavy atom. The van der Waals surface area contributed by atoms with Crippen LogP contribution in [0.25, 0.3) is 0 Å². The van der Waals surface area contributed by atoms with Crippen molar-refractivity contribution in [1.82, 2.24) is 20.2 Å². The maximum Gasteiger partial charge on any atom is 0.216 e. The first kappa shape index (κ1) is 22.0. The minimum Gasteiger partial charge on any atom is -0.386 e. The van der Waals surface area contributed by atoms with Gasteiger partial charge in [0.1, 0.15) is 0 Å². The van der Waals surface area contributed by atoms with Gasteiger partial charge in [-0.25, -0.2) is 0 Å². The first-order valence-corrected chi connectivity index (χ1v) is 9.72. The number of rotatable bonds is 9. The summed E-state index contributed by atoms with van der Waals surface area (Å²) in [7, 11) is 0. The van der Waals surface area contributed by atoms with Crippen molar-refractivity contribution in [3.63, 3.8) is 0 Å². The van der Waals surface area contributed by atoms with E-state index in [1.165, 1.54) is 6.92 Å². The molecule has 28 heavy (non-hydrogen) atoms. The van der Waals surface area contributed by atoms with Crippen LogP contribution in [0, 0.1) is 13.8 Å².